The number of aromatic nitrogens is 3. The minimum Gasteiger partial charge on any atom is -0.469 e. The largest absolute Gasteiger partial charge is 0.469 e. The molecule has 216 valence electrons. The summed E-state index contributed by atoms with van der Waals surface area (Å²) in [4.78, 5) is 29.0. The van der Waals surface area contributed by atoms with Crippen LogP contribution in [0, 0.1) is 0 Å². The number of piperidine rings is 1. The number of para-hydroxylation sites is 1. The summed E-state index contributed by atoms with van der Waals surface area (Å²) < 4.78 is 4.78. The Morgan fingerprint density at radius 3 is 2.51 bits per heavy atom. The van der Waals surface area contributed by atoms with Crippen LogP contribution in [0.1, 0.15) is 51.0 Å². The van der Waals surface area contributed by atoms with Crippen LogP contribution in [0.4, 0.5) is 11.5 Å². The van der Waals surface area contributed by atoms with Gasteiger partial charge in [-0.25, -0.2) is 9.97 Å². The summed E-state index contributed by atoms with van der Waals surface area (Å²) in [5.41, 5.74) is 5.45. The average molecular weight is 555 g/mol. The maximum atomic E-state index is 11.4. The van der Waals surface area contributed by atoms with Crippen molar-refractivity contribution in [2.24, 2.45) is 0 Å². The van der Waals surface area contributed by atoms with E-state index in [9.17, 15) is 4.79 Å². The summed E-state index contributed by atoms with van der Waals surface area (Å²) in [5.74, 6) is 0.796. The molecule has 1 aliphatic rings. The van der Waals surface area contributed by atoms with E-state index in [2.05, 4.69) is 91.6 Å². The minimum absolute atomic E-state index is 0.114. The number of benzene rings is 2. The van der Waals surface area contributed by atoms with E-state index >= 15 is 0 Å². The summed E-state index contributed by atoms with van der Waals surface area (Å²) in [6.07, 6.45) is 7.52. The summed E-state index contributed by atoms with van der Waals surface area (Å²) in [6.45, 7) is 7.09. The normalized spacial score (nSPS) is 14.0. The molecule has 2 aromatic heterocycles. The fraction of sp³-hybridized carbons (Fsp3) is 0.424. The van der Waals surface area contributed by atoms with Gasteiger partial charge >= 0.3 is 5.97 Å². The minimum atomic E-state index is -0.114. The molecular weight excluding hydrogens is 512 g/mol. The Labute approximate surface area is 243 Å². The molecule has 8 nitrogen and oxygen atoms in total. The van der Waals surface area contributed by atoms with Crippen molar-refractivity contribution < 1.29 is 9.53 Å². The zero-order chi connectivity index (χ0) is 28.4. The van der Waals surface area contributed by atoms with E-state index in [0.29, 0.717) is 12.5 Å². The lowest BCUT2D eigenvalue weighted by Crippen LogP contribution is -2.43. The number of unbranched alkanes of at least 4 members (excludes halogenated alkanes) is 2. The van der Waals surface area contributed by atoms with Gasteiger partial charge in [0.25, 0.3) is 0 Å². The molecule has 41 heavy (non-hydrogen) atoms. The maximum absolute atomic E-state index is 11.4. The standard InChI is InChI=1S/C33H42N6O2/c1-3-39(28-10-6-4-7-11-28)33-29-22-30(37-32(29)35-24-36-33)26-15-13-25(14-16-26)23-38(27-17-19-34-20-18-27)21-9-5-8-12-31(40)41-2/h4,6-7,10-11,13-16,22,24,27,34H,3,5,8-9,12,17-21,23H2,1-2H3,(H,35,36,37). The van der Waals surface area contributed by atoms with E-state index in [-0.39, 0.29) is 5.97 Å². The molecule has 2 N–H and O–H groups in total. The molecule has 0 bridgehead atoms. The first-order valence-corrected chi connectivity index (χ1v) is 14.9. The van der Waals surface area contributed by atoms with Gasteiger partial charge in [-0.15, -0.1) is 0 Å². The number of carbonyl (C=O) groups is 1. The van der Waals surface area contributed by atoms with Crippen LogP contribution in [0.3, 0.4) is 0 Å². The van der Waals surface area contributed by atoms with Crippen LogP contribution in [0.15, 0.2) is 67.0 Å². The lowest BCUT2D eigenvalue weighted by Gasteiger charge is -2.35. The van der Waals surface area contributed by atoms with Crippen LogP contribution >= 0.6 is 0 Å². The third kappa shape index (κ3) is 7.31. The fourth-order valence-electron chi connectivity index (χ4n) is 5.81. The number of nitrogens with one attached hydrogen (secondary N) is 2. The summed E-state index contributed by atoms with van der Waals surface area (Å²) in [5, 5.41) is 4.51. The highest BCUT2D eigenvalue weighted by molar-refractivity contribution is 5.93. The van der Waals surface area contributed by atoms with Crippen molar-refractivity contribution in [3.8, 4) is 11.3 Å². The van der Waals surface area contributed by atoms with E-state index < -0.39 is 0 Å². The molecule has 1 fully saturated rings. The van der Waals surface area contributed by atoms with Crippen LogP contribution in [-0.4, -0.2) is 65.2 Å². The van der Waals surface area contributed by atoms with Gasteiger partial charge in [0.15, 0.2) is 0 Å². The highest BCUT2D eigenvalue weighted by Gasteiger charge is 2.21. The van der Waals surface area contributed by atoms with E-state index in [1.807, 2.05) is 6.07 Å². The van der Waals surface area contributed by atoms with Gasteiger partial charge in [-0.3, -0.25) is 9.69 Å². The van der Waals surface area contributed by atoms with E-state index in [0.717, 1.165) is 85.8 Å². The number of hydrogen-bond donors (Lipinski definition) is 2. The molecule has 5 rings (SSSR count). The van der Waals surface area contributed by atoms with Gasteiger partial charge < -0.3 is 19.9 Å². The van der Waals surface area contributed by atoms with E-state index in [1.54, 1.807) is 6.33 Å². The number of H-pyrrole nitrogens is 1. The second-order valence-electron chi connectivity index (χ2n) is 10.8. The molecule has 2 aromatic carbocycles. The van der Waals surface area contributed by atoms with Crippen molar-refractivity contribution in [3.63, 3.8) is 0 Å². The first-order valence-electron chi connectivity index (χ1n) is 14.9. The lowest BCUT2D eigenvalue weighted by molar-refractivity contribution is -0.140. The second kappa shape index (κ2) is 14.2. The summed E-state index contributed by atoms with van der Waals surface area (Å²) in [7, 11) is 1.46. The highest BCUT2D eigenvalue weighted by atomic mass is 16.5. The van der Waals surface area contributed by atoms with Gasteiger partial charge in [0, 0.05) is 36.9 Å². The van der Waals surface area contributed by atoms with Crippen molar-refractivity contribution in [1.29, 1.82) is 0 Å². The van der Waals surface area contributed by atoms with Crippen LogP contribution in [0.25, 0.3) is 22.3 Å². The monoisotopic (exact) mass is 554 g/mol. The molecule has 0 amide bonds. The van der Waals surface area contributed by atoms with Crippen LogP contribution in [0.5, 0.6) is 0 Å². The number of rotatable bonds is 13. The second-order valence-corrected chi connectivity index (χ2v) is 10.8. The topological polar surface area (TPSA) is 86.4 Å². The number of ether oxygens (including phenoxy) is 1. The smallest absolute Gasteiger partial charge is 0.305 e. The molecule has 1 aliphatic heterocycles. The Kier molecular flexibility index (Phi) is 9.99. The SMILES string of the molecule is CCN(c1ccccc1)c1ncnc2[nH]c(-c3ccc(CN(CCCCCC(=O)OC)C4CCNCC4)cc3)cc12. The molecule has 0 aliphatic carbocycles. The van der Waals surface area contributed by atoms with Crippen molar-refractivity contribution in [2.75, 3.05) is 38.2 Å². The van der Waals surface area contributed by atoms with Gasteiger partial charge in [0.2, 0.25) is 0 Å². The Bertz CT molecular complexity index is 1380. The number of esters is 1. The van der Waals surface area contributed by atoms with Crippen LogP contribution in [-0.2, 0) is 16.1 Å². The third-order valence-corrected chi connectivity index (χ3v) is 8.07. The summed E-state index contributed by atoms with van der Waals surface area (Å²) >= 11 is 0. The van der Waals surface area contributed by atoms with Crippen LogP contribution in [0.2, 0.25) is 0 Å². The molecule has 0 saturated carbocycles. The van der Waals surface area contributed by atoms with Crippen molar-refractivity contribution in [1.82, 2.24) is 25.2 Å². The van der Waals surface area contributed by atoms with Crippen molar-refractivity contribution in [3.05, 3.63) is 72.6 Å². The van der Waals surface area contributed by atoms with Crippen molar-refractivity contribution >= 4 is 28.5 Å². The third-order valence-electron chi connectivity index (χ3n) is 8.07. The Morgan fingerprint density at radius 2 is 1.78 bits per heavy atom. The van der Waals surface area contributed by atoms with Gasteiger partial charge in [0.1, 0.15) is 17.8 Å². The van der Waals surface area contributed by atoms with Crippen LogP contribution < -0.4 is 10.2 Å². The first kappa shape index (κ1) is 28.8. The number of carbonyl (C=O) groups excluding carboxylic acids is 1. The van der Waals surface area contributed by atoms with Gasteiger partial charge in [-0.2, -0.15) is 0 Å². The first-order chi connectivity index (χ1) is 20.2. The number of nitrogens with zero attached hydrogens (tertiary/aromatic N) is 4. The molecule has 0 atom stereocenters. The molecule has 0 radical (unpaired) electrons. The number of methoxy groups -OCH3 is 1. The Balaban J connectivity index is 1.29. The number of fused-ring (bicyclic) bond motifs is 1. The fourth-order valence-corrected chi connectivity index (χ4v) is 5.81. The molecule has 0 unspecified atom stereocenters. The van der Waals surface area contributed by atoms with E-state index in [1.165, 1.54) is 25.5 Å². The molecular formula is C33H42N6O2. The van der Waals surface area contributed by atoms with Crippen molar-refractivity contribution in [2.45, 2.75) is 58.0 Å². The molecule has 4 aromatic rings. The Morgan fingerprint density at radius 1 is 1.00 bits per heavy atom. The number of anilines is 2. The number of aromatic amines is 1. The maximum Gasteiger partial charge on any atom is 0.305 e. The highest BCUT2D eigenvalue weighted by Crippen LogP contribution is 2.32. The molecule has 8 heteroatoms. The Hall–Kier alpha value is -3.75. The lowest BCUT2D eigenvalue weighted by atomic mass is 10.0. The predicted molar refractivity (Wildman–Crippen MR) is 165 cm³/mol. The summed E-state index contributed by atoms with van der Waals surface area (Å²) in [6, 6.07) is 22.0. The van der Waals surface area contributed by atoms with Gasteiger partial charge in [0.05, 0.1) is 12.5 Å². The average Bonchev–Trinajstić information content (AvgIpc) is 3.47. The zero-order valence-electron chi connectivity index (χ0n) is 24.3. The van der Waals surface area contributed by atoms with Gasteiger partial charge in [-0.05, 0) is 81.6 Å². The van der Waals surface area contributed by atoms with Gasteiger partial charge in [-0.1, -0.05) is 48.9 Å². The zero-order valence-corrected chi connectivity index (χ0v) is 24.3. The quantitative estimate of drug-likeness (QED) is 0.153. The molecule has 3 heterocycles. The predicted octanol–water partition coefficient (Wildman–Crippen LogP) is 6.07. The molecule has 0 spiro atoms. The van der Waals surface area contributed by atoms with E-state index in [4.69, 9.17) is 4.74 Å². The number of hydrogen-bond acceptors (Lipinski definition) is 7. The molecule has 1 saturated heterocycles.